The fourth-order valence-electron chi connectivity index (χ4n) is 1.24. The van der Waals surface area contributed by atoms with Crippen LogP contribution in [0.5, 0.6) is 0 Å². The highest BCUT2D eigenvalue weighted by Gasteiger charge is 2.18. The zero-order valence-corrected chi connectivity index (χ0v) is 11.3. The average molecular weight is 246 g/mol. The van der Waals surface area contributed by atoms with Crippen LogP contribution in [0.25, 0.3) is 0 Å². The molecule has 0 radical (unpaired) electrons. The monoisotopic (exact) mass is 246 g/mol. The molecule has 0 aliphatic heterocycles. The molecule has 16 heavy (non-hydrogen) atoms. The summed E-state index contributed by atoms with van der Waals surface area (Å²) in [7, 11) is 0. The van der Waals surface area contributed by atoms with Gasteiger partial charge in [-0.15, -0.1) is 0 Å². The smallest absolute Gasteiger partial charge is 0.407 e. The van der Waals surface area contributed by atoms with Crippen LogP contribution in [0.4, 0.5) is 4.79 Å². The summed E-state index contributed by atoms with van der Waals surface area (Å²) in [5.41, 5.74) is 0.998. The molecule has 0 aliphatic carbocycles. The number of ether oxygens (including phenoxy) is 1. The van der Waals surface area contributed by atoms with E-state index in [2.05, 4.69) is 29.8 Å². The van der Waals surface area contributed by atoms with Gasteiger partial charge in [-0.05, 0) is 27.2 Å². The van der Waals surface area contributed by atoms with E-state index in [1.807, 2.05) is 20.8 Å². The van der Waals surface area contributed by atoms with Crippen molar-refractivity contribution in [3.63, 3.8) is 0 Å². The maximum atomic E-state index is 11.5. The highest BCUT2D eigenvalue weighted by atomic mass is 32.1. The Hall–Kier alpha value is -0.840. The van der Waals surface area contributed by atoms with E-state index >= 15 is 0 Å². The Bertz CT molecular complexity index is 227. The molecule has 0 rings (SSSR count). The molecular weight excluding hydrogens is 224 g/mol. The van der Waals surface area contributed by atoms with Gasteiger partial charge >= 0.3 is 6.09 Å². The normalized spacial score (nSPS) is 12.8. The minimum absolute atomic E-state index is 0.0547. The maximum Gasteiger partial charge on any atom is 0.407 e. The predicted octanol–water partition coefficient (Wildman–Crippen LogP) is 2.23. The fraction of sp³-hybridized carbons (Fsp3) is 0.818. The van der Waals surface area contributed by atoms with Crippen molar-refractivity contribution in [1.82, 2.24) is 10.6 Å². The highest BCUT2D eigenvalue weighted by molar-refractivity contribution is 7.78. The largest absolute Gasteiger partial charge is 0.444 e. The average Bonchev–Trinajstić information content (AvgIpc) is 2.11. The third-order valence-corrected chi connectivity index (χ3v) is 1.97. The molecule has 0 saturated carbocycles. The SMILES string of the molecule is CCCC(CNC=S)NC(=O)OC(C)(C)C. The molecule has 0 aromatic carbocycles. The van der Waals surface area contributed by atoms with E-state index in [1.54, 1.807) is 0 Å². The molecule has 0 saturated heterocycles. The van der Waals surface area contributed by atoms with Crippen LogP contribution in [0.15, 0.2) is 0 Å². The third kappa shape index (κ3) is 8.47. The van der Waals surface area contributed by atoms with Crippen LogP contribution in [0, 0.1) is 0 Å². The molecule has 4 nitrogen and oxygen atoms in total. The Balaban J connectivity index is 4.06. The van der Waals surface area contributed by atoms with Crippen molar-refractivity contribution >= 4 is 23.8 Å². The van der Waals surface area contributed by atoms with E-state index in [9.17, 15) is 4.79 Å². The zero-order chi connectivity index (χ0) is 12.6. The van der Waals surface area contributed by atoms with Crippen LogP contribution >= 0.6 is 12.2 Å². The summed E-state index contributed by atoms with van der Waals surface area (Å²) in [5, 5.41) is 5.74. The number of rotatable bonds is 6. The summed E-state index contributed by atoms with van der Waals surface area (Å²) in [5.74, 6) is 0. The number of carbonyl (C=O) groups is 1. The Kier molecular flexibility index (Phi) is 7.05. The molecule has 0 heterocycles. The predicted molar refractivity (Wildman–Crippen MR) is 69.7 cm³/mol. The molecule has 0 aromatic rings. The molecule has 1 atom stereocenters. The Labute approximate surface area is 103 Å². The summed E-state index contributed by atoms with van der Waals surface area (Å²) >= 11 is 4.68. The van der Waals surface area contributed by atoms with Crippen LogP contribution in [-0.4, -0.2) is 29.8 Å². The molecule has 1 unspecified atom stereocenters. The van der Waals surface area contributed by atoms with E-state index in [0.717, 1.165) is 12.8 Å². The zero-order valence-electron chi connectivity index (χ0n) is 10.5. The molecule has 0 aliphatic rings. The molecule has 94 valence electrons. The van der Waals surface area contributed by atoms with Crippen LogP contribution in [-0.2, 0) is 4.74 Å². The molecule has 5 heteroatoms. The van der Waals surface area contributed by atoms with Gasteiger partial charge in [0.1, 0.15) is 5.60 Å². The molecule has 0 fully saturated rings. The van der Waals surface area contributed by atoms with Crippen molar-refractivity contribution in [2.24, 2.45) is 0 Å². The Morgan fingerprint density at radius 1 is 1.50 bits per heavy atom. The van der Waals surface area contributed by atoms with Gasteiger partial charge in [-0.3, -0.25) is 0 Å². The van der Waals surface area contributed by atoms with Crippen LogP contribution in [0.1, 0.15) is 40.5 Å². The second-order valence-corrected chi connectivity index (χ2v) is 4.89. The quantitative estimate of drug-likeness (QED) is 0.706. The first-order chi connectivity index (χ1) is 7.39. The second-order valence-electron chi connectivity index (χ2n) is 4.66. The summed E-state index contributed by atoms with van der Waals surface area (Å²) in [6, 6.07) is 0.0547. The van der Waals surface area contributed by atoms with Crippen LogP contribution in [0.3, 0.4) is 0 Å². The fourth-order valence-corrected chi connectivity index (χ4v) is 1.33. The number of hydrogen-bond acceptors (Lipinski definition) is 3. The molecule has 0 aromatic heterocycles. The van der Waals surface area contributed by atoms with Gasteiger partial charge < -0.3 is 15.4 Å². The van der Waals surface area contributed by atoms with E-state index in [1.165, 1.54) is 5.49 Å². The summed E-state index contributed by atoms with van der Waals surface area (Å²) in [6.45, 7) is 8.24. The Morgan fingerprint density at radius 3 is 2.56 bits per heavy atom. The molecule has 0 bridgehead atoms. The van der Waals surface area contributed by atoms with Crippen molar-refractivity contribution in [2.75, 3.05) is 6.54 Å². The number of carbonyl (C=O) groups excluding carboxylic acids is 1. The van der Waals surface area contributed by atoms with Crippen molar-refractivity contribution in [3.05, 3.63) is 0 Å². The van der Waals surface area contributed by atoms with Gasteiger partial charge in [-0.1, -0.05) is 25.6 Å². The first-order valence-corrected chi connectivity index (χ1v) is 6.02. The summed E-state index contributed by atoms with van der Waals surface area (Å²) < 4.78 is 5.18. The first kappa shape index (κ1) is 15.2. The lowest BCUT2D eigenvalue weighted by molar-refractivity contribution is 0.0502. The van der Waals surface area contributed by atoms with Gasteiger partial charge in [0.15, 0.2) is 0 Å². The first-order valence-electron chi connectivity index (χ1n) is 5.55. The number of alkyl carbamates (subject to hydrolysis) is 1. The molecule has 1 amide bonds. The highest BCUT2D eigenvalue weighted by Crippen LogP contribution is 2.07. The summed E-state index contributed by atoms with van der Waals surface area (Å²) in [6.07, 6.45) is 1.52. The van der Waals surface area contributed by atoms with Crippen LogP contribution in [0.2, 0.25) is 0 Å². The van der Waals surface area contributed by atoms with Crippen molar-refractivity contribution < 1.29 is 9.53 Å². The van der Waals surface area contributed by atoms with Crippen molar-refractivity contribution in [2.45, 2.75) is 52.2 Å². The number of hydrogen-bond donors (Lipinski definition) is 2. The molecular formula is C11H22N2O2S. The lowest BCUT2D eigenvalue weighted by Crippen LogP contribution is -2.43. The summed E-state index contributed by atoms with van der Waals surface area (Å²) in [4.78, 5) is 11.5. The number of nitrogens with one attached hydrogen (secondary N) is 2. The van der Waals surface area contributed by atoms with E-state index in [4.69, 9.17) is 4.74 Å². The lowest BCUT2D eigenvalue weighted by Gasteiger charge is -2.23. The topological polar surface area (TPSA) is 50.4 Å². The van der Waals surface area contributed by atoms with Crippen molar-refractivity contribution in [3.8, 4) is 0 Å². The molecule has 2 N–H and O–H groups in total. The van der Waals surface area contributed by atoms with Gasteiger partial charge in [0.2, 0.25) is 0 Å². The number of thiocarbonyl (C=S) groups is 1. The van der Waals surface area contributed by atoms with Gasteiger partial charge in [-0.2, -0.15) is 0 Å². The standard InChI is InChI=1S/C11H22N2O2S/c1-5-6-9(7-12-8-16)13-10(14)15-11(2,3)4/h8-9H,5-7H2,1-4H3,(H,12,16)(H,13,14). The van der Waals surface area contributed by atoms with Gasteiger partial charge in [0.25, 0.3) is 0 Å². The van der Waals surface area contributed by atoms with Gasteiger partial charge in [0, 0.05) is 12.6 Å². The third-order valence-electron chi connectivity index (χ3n) is 1.81. The van der Waals surface area contributed by atoms with E-state index in [0.29, 0.717) is 6.54 Å². The maximum absolute atomic E-state index is 11.5. The number of amides is 1. The lowest BCUT2D eigenvalue weighted by atomic mass is 10.1. The minimum Gasteiger partial charge on any atom is -0.444 e. The molecule has 0 spiro atoms. The minimum atomic E-state index is -0.460. The Morgan fingerprint density at radius 2 is 2.12 bits per heavy atom. The van der Waals surface area contributed by atoms with E-state index in [-0.39, 0.29) is 12.1 Å². The van der Waals surface area contributed by atoms with Gasteiger partial charge in [-0.25, -0.2) is 4.79 Å². The second kappa shape index (κ2) is 7.44. The van der Waals surface area contributed by atoms with Gasteiger partial charge in [0.05, 0.1) is 5.49 Å². The van der Waals surface area contributed by atoms with Crippen molar-refractivity contribution in [1.29, 1.82) is 0 Å². The van der Waals surface area contributed by atoms with Crippen LogP contribution < -0.4 is 10.6 Å². The van der Waals surface area contributed by atoms with E-state index < -0.39 is 5.60 Å².